The molecule has 0 spiro atoms. The Morgan fingerprint density at radius 1 is 1.32 bits per heavy atom. The number of amides is 1. The van der Waals surface area contributed by atoms with Gasteiger partial charge >= 0.3 is 5.97 Å². The Morgan fingerprint density at radius 3 is 2.80 bits per heavy atom. The average molecular weight is 345 g/mol. The van der Waals surface area contributed by atoms with Crippen molar-refractivity contribution in [1.82, 2.24) is 15.5 Å². The van der Waals surface area contributed by atoms with Gasteiger partial charge in [-0.15, -0.1) is 0 Å². The van der Waals surface area contributed by atoms with Crippen LogP contribution in [0.3, 0.4) is 0 Å². The molecule has 7 nitrogen and oxygen atoms in total. The number of methoxy groups -OCH3 is 1. The van der Waals surface area contributed by atoms with Gasteiger partial charge in [-0.05, 0) is 25.5 Å². The monoisotopic (exact) mass is 345 g/mol. The molecule has 0 saturated heterocycles. The Kier molecular flexibility index (Phi) is 6.56. The number of carbonyl (C=O) groups excluding carboxylic acids is 2. The van der Waals surface area contributed by atoms with E-state index < -0.39 is 12.1 Å². The summed E-state index contributed by atoms with van der Waals surface area (Å²) in [6, 6.07) is 9.03. The number of aromatic amines is 1. The van der Waals surface area contributed by atoms with E-state index in [1.807, 2.05) is 31.2 Å². The highest BCUT2D eigenvalue weighted by molar-refractivity contribution is 5.90. The summed E-state index contributed by atoms with van der Waals surface area (Å²) in [4.78, 5) is 24.2. The Balaban J connectivity index is 1.87. The molecule has 1 unspecified atom stereocenters. The van der Waals surface area contributed by atoms with Gasteiger partial charge in [-0.25, -0.2) is 4.79 Å². The summed E-state index contributed by atoms with van der Waals surface area (Å²) in [6.45, 7) is 3.84. The lowest BCUT2D eigenvalue weighted by Gasteiger charge is -2.14. The Hall–Kier alpha value is -2.83. The molecule has 1 amide bonds. The number of esters is 1. The maximum atomic E-state index is 12.1. The molecule has 0 bridgehead atoms. The summed E-state index contributed by atoms with van der Waals surface area (Å²) in [6.07, 6.45) is 0.821. The number of hydrogen-bond donors (Lipinski definition) is 2. The van der Waals surface area contributed by atoms with Crippen LogP contribution in [0.2, 0.25) is 0 Å². The largest absolute Gasteiger partial charge is 0.496 e. The number of nitrogens with one attached hydrogen (secondary N) is 2. The number of ether oxygens (including phenoxy) is 2. The molecule has 2 aromatic rings. The zero-order chi connectivity index (χ0) is 18.2. The van der Waals surface area contributed by atoms with Crippen molar-refractivity contribution in [2.45, 2.75) is 39.3 Å². The molecule has 25 heavy (non-hydrogen) atoms. The highest BCUT2D eigenvalue weighted by Gasteiger charge is 2.20. The molecule has 0 radical (unpaired) electrons. The third-order valence-corrected chi connectivity index (χ3v) is 3.66. The van der Waals surface area contributed by atoms with Crippen molar-refractivity contribution in [3.05, 3.63) is 47.3 Å². The van der Waals surface area contributed by atoms with E-state index in [1.165, 1.54) is 6.92 Å². The molecule has 134 valence electrons. The van der Waals surface area contributed by atoms with Crippen LogP contribution in [0.5, 0.6) is 5.75 Å². The van der Waals surface area contributed by atoms with Crippen LogP contribution in [-0.2, 0) is 22.5 Å². The standard InChI is InChI=1S/C18H23N3O4/c1-4-7-14-10-15(21-20-14)18(23)25-12(2)17(22)19-11-13-8-5-6-9-16(13)24-3/h5-6,8-10,12H,4,7,11H2,1-3H3,(H,19,22)(H,20,21). The second-order valence-electron chi connectivity index (χ2n) is 5.61. The number of benzene rings is 1. The van der Waals surface area contributed by atoms with Gasteiger partial charge < -0.3 is 14.8 Å². The van der Waals surface area contributed by atoms with Crippen LogP contribution in [-0.4, -0.2) is 35.3 Å². The minimum absolute atomic E-state index is 0.174. The van der Waals surface area contributed by atoms with E-state index in [-0.39, 0.29) is 18.1 Å². The van der Waals surface area contributed by atoms with Crippen LogP contribution in [0.1, 0.15) is 42.0 Å². The van der Waals surface area contributed by atoms with Gasteiger partial charge in [-0.2, -0.15) is 5.10 Å². The van der Waals surface area contributed by atoms with E-state index in [4.69, 9.17) is 9.47 Å². The van der Waals surface area contributed by atoms with Crippen molar-refractivity contribution in [1.29, 1.82) is 0 Å². The normalized spacial score (nSPS) is 11.6. The maximum Gasteiger partial charge on any atom is 0.359 e. The summed E-state index contributed by atoms with van der Waals surface area (Å²) in [5, 5.41) is 9.43. The highest BCUT2D eigenvalue weighted by Crippen LogP contribution is 2.16. The van der Waals surface area contributed by atoms with Crippen LogP contribution in [0.25, 0.3) is 0 Å². The van der Waals surface area contributed by atoms with E-state index in [2.05, 4.69) is 15.5 Å². The number of rotatable bonds is 8. The maximum absolute atomic E-state index is 12.1. The first kappa shape index (κ1) is 18.5. The topological polar surface area (TPSA) is 93.3 Å². The zero-order valence-electron chi connectivity index (χ0n) is 14.7. The molecule has 1 aromatic carbocycles. The molecular weight excluding hydrogens is 322 g/mol. The van der Waals surface area contributed by atoms with Crippen molar-refractivity contribution < 1.29 is 19.1 Å². The minimum Gasteiger partial charge on any atom is -0.496 e. The molecule has 1 atom stereocenters. The van der Waals surface area contributed by atoms with E-state index in [1.54, 1.807) is 13.2 Å². The van der Waals surface area contributed by atoms with Crippen molar-refractivity contribution in [3.8, 4) is 5.75 Å². The average Bonchev–Trinajstić information content (AvgIpc) is 3.09. The van der Waals surface area contributed by atoms with Crippen LogP contribution >= 0.6 is 0 Å². The van der Waals surface area contributed by atoms with Gasteiger partial charge in [0.15, 0.2) is 11.8 Å². The van der Waals surface area contributed by atoms with E-state index in [0.717, 1.165) is 24.1 Å². The van der Waals surface area contributed by atoms with Crippen LogP contribution in [0.15, 0.2) is 30.3 Å². The van der Waals surface area contributed by atoms with Gasteiger partial charge in [-0.1, -0.05) is 31.5 Å². The van der Waals surface area contributed by atoms with Crippen LogP contribution in [0, 0.1) is 0 Å². The SMILES string of the molecule is CCCc1cc(C(=O)OC(C)C(=O)NCc2ccccc2OC)n[nH]1. The predicted octanol–water partition coefficient (Wildman–Crippen LogP) is 2.23. The quantitative estimate of drug-likeness (QED) is 0.716. The van der Waals surface area contributed by atoms with Crippen molar-refractivity contribution in [2.75, 3.05) is 7.11 Å². The van der Waals surface area contributed by atoms with Gasteiger partial charge in [0, 0.05) is 17.8 Å². The van der Waals surface area contributed by atoms with Crippen molar-refractivity contribution in [3.63, 3.8) is 0 Å². The fourth-order valence-electron chi connectivity index (χ4n) is 2.31. The molecule has 1 heterocycles. The second kappa shape index (κ2) is 8.86. The summed E-state index contributed by atoms with van der Waals surface area (Å²) in [5.41, 5.74) is 1.88. The molecule has 0 aliphatic carbocycles. The molecule has 2 N–H and O–H groups in total. The van der Waals surface area contributed by atoms with Gasteiger partial charge in [-0.3, -0.25) is 9.89 Å². The summed E-state index contributed by atoms with van der Waals surface area (Å²) in [7, 11) is 1.57. The molecule has 0 saturated carbocycles. The third kappa shape index (κ3) is 5.07. The lowest BCUT2D eigenvalue weighted by Crippen LogP contribution is -2.35. The fraction of sp³-hybridized carbons (Fsp3) is 0.389. The smallest absolute Gasteiger partial charge is 0.359 e. The fourth-order valence-corrected chi connectivity index (χ4v) is 2.31. The number of aromatic nitrogens is 2. The van der Waals surface area contributed by atoms with Gasteiger partial charge in [0.2, 0.25) is 0 Å². The molecular formula is C18H23N3O4. The highest BCUT2D eigenvalue weighted by atomic mass is 16.5. The molecule has 0 aliphatic rings. The summed E-state index contributed by atoms with van der Waals surface area (Å²) in [5.74, 6) is -0.324. The van der Waals surface area contributed by atoms with Gasteiger partial charge in [0.1, 0.15) is 5.75 Å². The number of H-pyrrole nitrogens is 1. The van der Waals surface area contributed by atoms with Gasteiger partial charge in [0.25, 0.3) is 5.91 Å². The summed E-state index contributed by atoms with van der Waals surface area (Å²) < 4.78 is 10.4. The van der Waals surface area contributed by atoms with Gasteiger partial charge in [0.05, 0.1) is 7.11 Å². The number of hydrogen-bond acceptors (Lipinski definition) is 5. The Labute approximate surface area is 146 Å². The molecule has 2 rings (SSSR count). The number of aryl methyl sites for hydroxylation is 1. The predicted molar refractivity (Wildman–Crippen MR) is 92.3 cm³/mol. The van der Waals surface area contributed by atoms with Crippen molar-refractivity contribution >= 4 is 11.9 Å². The molecule has 0 fully saturated rings. The zero-order valence-corrected chi connectivity index (χ0v) is 14.7. The molecule has 1 aromatic heterocycles. The molecule has 0 aliphatic heterocycles. The summed E-state index contributed by atoms with van der Waals surface area (Å²) >= 11 is 0. The minimum atomic E-state index is -0.923. The number of carbonyl (C=O) groups is 2. The van der Waals surface area contributed by atoms with Crippen LogP contribution in [0.4, 0.5) is 0 Å². The third-order valence-electron chi connectivity index (χ3n) is 3.66. The molecule has 7 heteroatoms. The van der Waals surface area contributed by atoms with E-state index in [9.17, 15) is 9.59 Å². The first-order valence-corrected chi connectivity index (χ1v) is 8.20. The lowest BCUT2D eigenvalue weighted by molar-refractivity contribution is -0.129. The lowest BCUT2D eigenvalue weighted by atomic mass is 10.2. The van der Waals surface area contributed by atoms with Crippen LogP contribution < -0.4 is 10.1 Å². The Morgan fingerprint density at radius 2 is 2.08 bits per heavy atom. The number of para-hydroxylation sites is 1. The van der Waals surface area contributed by atoms with E-state index in [0.29, 0.717) is 5.75 Å². The first-order chi connectivity index (χ1) is 12.0. The Bertz CT molecular complexity index is 727. The second-order valence-corrected chi connectivity index (χ2v) is 5.61. The van der Waals surface area contributed by atoms with Crippen molar-refractivity contribution in [2.24, 2.45) is 0 Å². The first-order valence-electron chi connectivity index (χ1n) is 8.20. The van der Waals surface area contributed by atoms with E-state index >= 15 is 0 Å². The number of nitrogens with zero attached hydrogens (tertiary/aromatic N) is 1.